The number of hydrogen-bond acceptors (Lipinski definition) is 4. The summed E-state index contributed by atoms with van der Waals surface area (Å²) in [5.41, 5.74) is 0.0107. The molecular formula is C14H13F7O3SSi. The molecular weight excluding hydrogens is 409 g/mol. The largest absolute Gasteiger partial charge is 0.516 e. The van der Waals surface area contributed by atoms with Gasteiger partial charge < -0.3 is 4.43 Å². The van der Waals surface area contributed by atoms with Gasteiger partial charge >= 0.3 is 24.0 Å². The highest BCUT2D eigenvalue weighted by atomic mass is 32.2. The van der Waals surface area contributed by atoms with E-state index in [1.54, 1.807) is 19.6 Å². The van der Waals surface area contributed by atoms with Gasteiger partial charge in [-0.1, -0.05) is 0 Å². The molecule has 146 valence electrons. The molecule has 0 aliphatic carbocycles. The summed E-state index contributed by atoms with van der Waals surface area (Å²) in [6.45, 7) is 5.20. The Bertz CT molecular complexity index is 681. The fourth-order valence-electron chi connectivity index (χ4n) is 1.47. The molecule has 0 bridgehead atoms. The van der Waals surface area contributed by atoms with E-state index < -0.39 is 49.2 Å². The summed E-state index contributed by atoms with van der Waals surface area (Å²) < 4.78 is 93.5. The van der Waals surface area contributed by atoms with Crippen molar-refractivity contribution >= 4 is 31.2 Å². The lowest BCUT2D eigenvalue weighted by Gasteiger charge is -2.26. The van der Waals surface area contributed by atoms with Crippen LogP contribution in [0, 0.1) is 0 Å². The maximum atomic E-state index is 13.3. The van der Waals surface area contributed by atoms with Crippen LogP contribution in [0.1, 0.15) is 10.4 Å². The van der Waals surface area contributed by atoms with Crippen LogP contribution in [-0.2, 0) is 9.22 Å². The summed E-state index contributed by atoms with van der Waals surface area (Å²) in [6, 6.07) is 4.09. The Hall–Kier alpha value is -1.56. The zero-order chi connectivity index (χ0) is 20.6. The lowest BCUT2D eigenvalue weighted by molar-refractivity contribution is -0.341. The van der Waals surface area contributed by atoms with E-state index in [4.69, 9.17) is 4.43 Å². The minimum Gasteiger partial charge on any atom is -0.516 e. The highest BCUT2D eigenvalue weighted by Gasteiger charge is 2.76. The lowest BCUT2D eigenvalue weighted by Crippen LogP contribution is -2.55. The third kappa shape index (κ3) is 4.99. The zero-order valence-electron chi connectivity index (χ0n) is 13.6. The summed E-state index contributed by atoms with van der Waals surface area (Å²) in [6.07, 6.45) is -6.59. The maximum Gasteiger partial charge on any atom is 0.460 e. The second-order valence-corrected chi connectivity index (χ2v) is 11.5. The third-order valence-corrected chi connectivity index (χ3v) is 4.45. The van der Waals surface area contributed by atoms with Crippen LogP contribution in [0.5, 0.6) is 0 Å². The van der Waals surface area contributed by atoms with Gasteiger partial charge in [-0.25, -0.2) is 4.79 Å². The van der Waals surface area contributed by atoms with Crippen molar-refractivity contribution < 1.29 is 44.7 Å². The van der Waals surface area contributed by atoms with Crippen molar-refractivity contribution in [3.8, 4) is 0 Å². The van der Waals surface area contributed by atoms with Gasteiger partial charge in [0.2, 0.25) is 8.32 Å². The molecule has 0 radical (unpaired) electrons. The monoisotopic (exact) mass is 422 g/mol. The van der Waals surface area contributed by atoms with Crippen LogP contribution in [0.4, 0.5) is 30.7 Å². The number of rotatable bonds is 5. The second-order valence-electron chi connectivity index (χ2n) is 6.06. The Kier molecular flexibility index (Phi) is 6.24. The van der Waals surface area contributed by atoms with E-state index in [0.29, 0.717) is 0 Å². The lowest BCUT2D eigenvalue weighted by atomic mass is 10.2. The normalized spacial score (nSPS) is 13.5. The maximum absolute atomic E-state index is 13.3. The number of carbonyl (C=O) groups is 2. The van der Waals surface area contributed by atoms with Crippen molar-refractivity contribution in [2.75, 3.05) is 0 Å². The Labute approximate surface area is 149 Å². The van der Waals surface area contributed by atoms with Crippen molar-refractivity contribution in [2.24, 2.45) is 0 Å². The van der Waals surface area contributed by atoms with E-state index in [-0.39, 0.29) is 10.5 Å². The standard InChI is InChI=1S/C14H13F7O3SSi/c1-26(2,3)24-10(22)8-4-6-9(7-5-8)25-11(23)12(15,16)13(17,18)14(19,20)21/h4-7H,1-3H3. The molecule has 12 heteroatoms. The number of hydrogen-bond donors (Lipinski definition) is 0. The van der Waals surface area contributed by atoms with Crippen molar-refractivity contribution in [1.82, 2.24) is 0 Å². The van der Waals surface area contributed by atoms with Crippen molar-refractivity contribution in [2.45, 2.75) is 42.6 Å². The van der Waals surface area contributed by atoms with Gasteiger partial charge in [0.15, 0.2) is 0 Å². The average Bonchev–Trinajstić information content (AvgIpc) is 2.44. The summed E-state index contributed by atoms with van der Waals surface area (Å²) in [5, 5.41) is -2.67. The Morgan fingerprint density at radius 2 is 1.38 bits per heavy atom. The van der Waals surface area contributed by atoms with Gasteiger partial charge in [-0.15, -0.1) is 0 Å². The van der Waals surface area contributed by atoms with Gasteiger partial charge in [0, 0.05) is 4.90 Å². The highest BCUT2D eigenvalue weighted by molar-refractivity contribution is 8.13. The van der Waals surface area contributed by atoms with Crippen LogP contribution in [0.3, 0.4) is 0 Å². The van der Waals surface area contributed by atoms with E-state index in [1.807, 2.05) is 0 Å². The minimum atomic E-state index is -6.59. The molecule has 26 heavy (non-hydrogen) atoms. The fraction of sp³-hybridized carbons (Fsp3) is 0.429. The summed E-state index contributed by atoms with van der Waals surface area (Å²) >= 11 is -0.485. The molecule has 3 nitrogen and oxygen atoms in total. The molecule has 0 amide bonds. The smallest absolute Gasteiger partial charge is 0.460 e. The number of alkyl halides is 7. The molecule has 0 saturated heterocycles. The van der Waals surface area contributed by atoms with E-state index in [2.05, 4.69) is 0 Å². The minimum absolute atomic E-state index is 0.0107. The van der Waals surface area contributed by atoms with Crippen LogP contribution >= 0.6 is 11.8 Å². The molecule has 0 unspecified atom stereocenters. The average molecular weight is 422 g/mol. The topological polar surface area (TPSA) is 43.4 Å². The summed E-state index contributed by atoms with van der Waals surface area (Å²) in [5.74, 6) is -13.2. The Morgan fingerprint density at radius 3 is 1.77 bits per heavy atom. The molecule has 0 atom stereocenters. The number of thioether (sulfide) groups is 1. The van der Waals surface area contributed by atoms with Gasteiger partial charge in [0.25, 0.3) is 5.12 Å². The van der Waals surface area contributed by atoms with Gasteiger partial charge in [0.1, 0.15) is 0 Å². The van der Waals surface area contributed by atoms with Crippen molar-refractivity contribution in [1.29, 1.82) is 0 Å². The SMILES string of the molecule is C[Si](C)(C)OC(=O)c1ccc(SC(=O)C(F)(F)C(F)(F)C(F)(F)F)cc1. The molecule has 1 aromatic rings. The number of halogens is 7. The van der Waals surface area contributed by atoms with E-state index >= 15 is 0 Å². The predicted octanol–water partition coefficient (Wildman–Crippen LogP) is 5.13. The zero-order valence-corrected chi connectivity index (χ0v) is 15.4. The summed E-state index contributed by atoms with van der Waals surface area (Å²) in [4.78, 5) is 22.7. The first-order valence-electron chi connectivity index (χ1n) is 6.87. The molecule has 0 aliphatic rings. The van der Waals surface area contributed by atoms with Crippen molar-refractivity contribution in [3.63, 3.8) is 0 Å². The molecule has 0 spiro atoms. The van der Waals surface area contributed by atoms with Gasteiger partial charge in [0.05, 0.1) is 5.56 Å². The Balaban J connectivity index is 2.93. The fourth-order valence-corrected chi connectivity index (χ4v) is 2.89. The molecule has 0 heterocycles. The van der Waals surface area contributed by atoms with E-state index in [0.717, 1.165) is 24.3 Å². The quantitative estimate of drug-likeness (QED) is 0.375. The molecule has 0 aromatic heterocycles. The van der Waals surface area contributed by atoms with Gasteiger partial charge in [-0.2, -0.15) is 30.7 Å². The van der Waals surface area contributed by atoms with Crippen LogP contribution in [0.25, 0.3) is 0 Å². The first-order chi connectivity index (χ1) is 11.5. The van der Waals surface area contributed by atoms with Crippen molar-refractivity contribution in [3.05, 3.63) is 29.8 Å². The molecule has 0 fully saturated rings. The predicted molar refractivity (Wildman–Crippen MR) is 82.0 cm³/mol. The summed E-state index contributed by atoms with van der Waals surface area (Å²) in [7, 11) is -2.20. The molecule has 0 aliphatic heterocycles. The van der Waals surface area contributed by atoms with E-state index in [1.165, 1.54) is 0 Å². The van der Waals surface area contributed by atoms with Crippen LogP contribution in [-0.4, -0.2) is 37.4 Å². The first kappa shape index (κ1) is 22.5. The third-order valence-electron chi connectivity index (χ3n) is 2.71. The molecule has 1 rings (SSSR count). The molecule has 0 N–H and O–H groups in total. The first-order valence-corrected chi connectivity index (χ1v) is 11.1. The van der Waals surface area contributed by atoms with Gasteiger partial charge in [-0.3, -0.25) is 4.79 Å². The Morgan fingerprint density at radius 1 is 0.923 bits per heavy atom. The molecule has 0 saturated carbocycles. The number of benzene rings is 1. The van der Waals surface area contributed by atoms with Crippen LogP contribution in [0.15, 0.2) is 29.2 Å². The van der Waals surface area contributed by atoms with Crippen LogP contribution in [0.2, 0.25) is 19.6 Å². The van der Waals surface area contributed by atoms with E-state index in [9.17, 15) is 40.3 Å². The molecule has 1 aromatic carbocycles. The highest BCUT2D eigenvalue weighted by Crippen LogP contribution is 2.48. The van der Waals surface area contributed by atoms with Crippen LogP contribution < -0.4 is 0 Å². The number of carbonyl (C=O) groups excluding carboxylic acids is 2. The van der Waals surface area contributed by atoms with Gasteiger partial charge in [-0.05, 0) is 55.7 Å². The second kappa shape index (κ2) is 7.22.